The van der Waals surface area contributed by atoms with Gasteiger partial charge in [-0.25, -0.2) is 0 Å². The van der Waals surface area contributed by atoms with Crippen LogP contribution in [0.1, 0.15) is 92.1 Å². The van der Waals surface area contributed by atoms with Gasteiger partial charge < -0.3 is 0 Å². The van der Waals surface area contributed by atoms with Gasteiger partial charge in [0.2, 0.25) is 0 Å². The van der Waals surface area contributed by atoms with Crippen LogP contribution in [0.4, 0.5) is 13.6 Å². The number of halogens is 2. The Morgan fingerprint density at radius 2 is 1.44 bits per heavy atom. The fraction of sp³-hybridized carbons (Fsp3) is 0.679. The first-order valence-corrected chi connectivity index (χ1v) is 20.6. The van der Waals surface area contributed by atoms with E-state index in [4.69, 9.17) is 4.74 Å². The molecule has 0 spiro atoms. The summed E-state index contributed by atoms with van der Waals surface area (Å²) in [5.41, 5.74) is 1.09. The van der Waals surface area contributed by atoms with Crippen molar-refractivity contribution in [2.75, 3.05) is 6.54 Å². The molecule has 6 heteroatoms. The van der Waals surface area contributed by atoms with E-state index in [1.807, 2.05) is 20.8 Å². The Kier molecular flexibility index (Phi) is 14.4. The van der Waals surface area contributed by atoms with Crippen molar-refractivity contribution in [2.45, 2.75) is 112 Å². The van der Waals surface area contributed by atoms with Gasteiger partial charge in [-0.3, -0.25) is 0 Å². The normalized spacial score (nSPS) is 12.9. The number of nitrogens with one attached hydrogen (secondary N) is 1. The van der Waals surface area contributed by atoms with Gasteiger partial charge in [0.1, 0.15) is 0 Å². The molecule has 0 aliphatic rings. The molecule has 0 bridgehead atoms. The summed E-state index contributed by atoms with van der Waals surface area (Å²) in [6.07, 6.45) is 7.07. The monoisotopic (exact) mass is 587 g/mol. The molecule has 0 aliphatic heterocycles. The second-order valence-corrected chi connectivity index (χ2v) is 23.3. The number of alkyl carbamates (subject to hydrolysis) is 1. The van der Waals surface area contributed by atoms with Crippen LogP contribution in [0.3, 0.4) is 0 Å². The Labute approximate surface area is 211 Å². The van der Waals surface area contributed by atoms with Crippen molar-refractivity contribution >= 4 is 24.5 Å². The molecule has 0 aliphatic carbocycles. The first-order valence-electron chi connectivity index (χ1n) is 13.2. The molecule has 1 N–H and O–H groups in total. The van der Waals surface area contributed by atoms with Gasteiger partial charge in [-0.15, -0.1) is 0 Å². The zero-order chi connectivity index (χ0) is 25.6. The summed E-state index contributed by atoms with van der Waals surface area (Å²) < 4.78 is 38.6. The third kappa shape index (κ3) is 11.5. The minimum atomic E-state index is -3.27. The molecule has 0 unspecified atom stereocenters. The SMILES string of the molecule is CCC[CH2][Sn]([CH2]CCC)([CH2]CCC)/[C](F)=C(/CCc1ccc(F)cc1)CNC(=O)OC(C)(C)C. The van der Waals surface area contributed by atoms with Gasteiger partial charge in [0.25, 0.3) is 0 Å². The molecule has 0 heterocycles. The van der Waals surface area contributed by atoms with E-state index in [-0.39, 0.29) is 16.2 Å². The number of hydrogen-bond donors (Lipinski definition) is 1. The summed E-state index contributed by atoms with van der Waals surface area (Å²) in [6.45, 7) is 12.2. The van der Waals surface area contributed by atoms with E-state index in [1.165, 1.54) is 12.1 Å². The molecule has 1 aromatic rings. The van der Waals surface area contributed by atoms with Crippen molar-refractivity contribution in [3.63, 3.8) is 0 Å². The number of carbonyl (C=O) groups is 1. The van der Waals surface area contributed by atoms with E-state index in [9.17, 15) is 9.18 Å². The first kappa shape index (κ1) is 30.9. The minimum absolute atomic E-state index is 0.155. The molecule has 0 radical (unpaired) electrons. The second-order valence-electron chi connectivity index (χ2n) is 10.5. The Bertz CT molecular complexity index is 735. The standard InChI is InChI=1S/C16H20F2NO2.3C4H9.Sn/c1-16(2,3)21-15(20)19-11-13(10-17)5-4-12-6-8-14(18)9-7-12;3*1-3-4-2;/h6-9H,4-5,11H2,1-3H3,(H,19,20);3*1,3-4H2,2H3;. The van der Waals surface area contributed by atoms with Crippen molar-refractivity contribution in [3.8, 4) is 0 Å². The number of amides is 1. The van der Waals surface area contributed by atoms with E-state index in [0.29, 0.717) is 18.4 Å². The van der Waals surface area contributed by atoms with E-state index in [1.54, 1.807) is 12.1 Å². The molecular formula is C28H47F2NO2Sn. The molecule has 3 nitrogen and oxygen atoms in total. The Balaban J connectivity index is 3.29. The summed E-state index contributed by atoms with van der Waals surface area (Å²) >= 11 is -3.27. The maximum absolute atomic E-state index is 16.6. The Morgan fingerprint density at radius 1 is 0.941 bits per heavy atom. The average molecular weight is 586 g/mol. The molecule has 194 valence electrons. The zero-order valence-electron chi connectivity index (χ0n) is 22.4. The molecule has 0 atom stereocenters. The molecule has 0 aromatic heterocycles. The van der Waals surface area contributed by atoms with Crippen molar-refractivity contribution in [1.82, 2.24) is 5.32 Å². The van der Waals surface area contributed by atoms with Crippen molar-refractivity contribution in [2.24, 2.45) is 0 Å². The molecular weight excluding hydrogens is 539 g/mol. The fourth-order valence-electron chi connectivity index (χ4n) is 4.34. The molecule has 0 fully saturated rings. The quantitative estimate of drug-likeness (QED) is 0.209. The third-order valence-electron chi connectivity index (χ3n) is 6.28. The van der Waals surface area contributed by atoms with Crippen LogP contribution < -0.4 is 5.32 Å². The van der Waals surface area contributed by atoms with Crippen LogP contribution in [0.25, 0.3) is 0 Å². The molecule has 34 heavy (non-hydrogen) atoms. The van der Waals surface area contributed by atoms with Gasteiger partial charge in [-0.05, 0) is 0 Å². The summed E-state index contributed by atoms with van der Waals surface area (Å²) in [5, 5.41) is 2.82. The van der Waals surface area contributed by atoms with Gasteiger partial charge in [0.05, 0.1) is 0 Å². The van der Waals surface area contributed by atoms with Crippen molar-refractivity contribution in [3.05, 3.63) is 45.1 Å². The Hall–Kier alpha value is -1.11. The van der Waals surface area contributed by atoms with Crippen LogP contribution in [0, 0.1) is 5.82 Å². The summed E-state index contributed by atoms with van der Waals surface area (Å²) in [4.78, 5) is 12.4. The van der Waals surface area contributed by atoms with E-state index in [0.717, 1.165) is 57.4 Å². The summed E-state index contributed by atoms with van der Waals surface area (Å²) in [6, 6.07) is 6.41. The van der Waals surface area contributed by atoms with Gasteiger partial charge >= 0.3 is 212 Å². The number of unbranched alkanes of at least 4 members (excludes halogenated alkanes) is 3. The number of rotatable bonds is 15. The number of aryl methyl sites for hydroxylation is 1. The van der Waals surface area contributed by atoms with Gasteiger partial charge in [0.15, 0.2) is 0 Å². The molecule has 1 amide bonds. The fourth-order valence-corrected chi connectivity index (χ4v) is 19.9. The summed E-state index contributed by atoms with van der Waals surface area (Å²) in [7, 11) is 0. The van der Waals surface area contributed by atoms with Crippen LogP contribution in [0.15, 0.2) is 33.7 Å². The van der Waals surface area contributed by atoms with Crippen LogP contribution in [0.2, 0.25) is 13.3 Å². The molecule has 0 saturated carbocycles. The molecule has 0 saturated heterocycles. The Morgan fingerprint density at radius 3 is 1.88 bits per heavy atom. The van der Waals surface area contributed by atoms with Gasteiger partial charge in [-0.2, -0.15) is 0 Å². The predicted octanol–water partition coefficient (Wildman–Crippen LogP) is 8.89. The number of hydrogen-bond acceptors (Lipinski definition) is 2. The topological polar surface area (TPSA) is 38.3 Å². The molecule has 1 aromatic carbocycles. The number of benzene rings is 1. The summed E-state index contributed by atoms with van der Waals surface area (Å²) in [5.74, 6) is -0.272. The number of carbonyl (C=O) groups excluding carboxylic acids is 1. The zero-order valence-corrected chi connectivity index (χ0v) is 25.2. The third-order valence-corrected chi connectivity index (χ3v) is 21.2. The van der Waals surface area contributed by atoms with Crippen LogP contribution in [0.5, 0.6) is 0 Å². The van der Waals surface area contributed by atoms with Crippen LogP contribution >= 0.6 is 0 Å². The number of ether oxygens (including phenoxy) is 1. The maximum atomic E-state index is 16.6. The van der Waals surface area contributed by atoms with Gasteiger partial charge in [-0.1, -0.05) is 0 Å². The first-order chi connectivity index (χ1) is 16.1. The second kappa shape index (κ2) is 15.8. The van der Waals surface area contributed by atoms with Crippen LogP contribution in [-0.2, 0) is 11.2 Å². The average Bonchev–Trinajstić information content (AvgIpc) is 2.78. The van der Waals surface area contributed by atoms with E-state index in [2.05, 4.69) is 26.1 Å². The van der Waals surface area contributed by atoms with Crippen molar-refractivity contribution < 1.29 is 18.3 Å². The molecule has 1 rings (SSSR count). The van der Waals surface area contributed by atoms with Crippen molar-refractivity contribution in [1.29, 1.82) is 0 Å². The predicted molar refractivity (Wildman–Crippen MR) is 142 cm³/mol. The van der Waals surface area contributed by atoms with E-state index < -0.39 is 30.1 Å². The van der Waals surface area contributed by atoms with E-state index >= 15 is 4.39 Å². The van der Waals surface area contributed by atoms with Gasteiger partial charge in [0, 0.05) is 0 Å². The van der Waals surface area contributed by atoms with Crippen LogP contribution in [-0.4, -0.2) is 36.6 Å².